The lowest BCUT2D eigenvalue weighted by atomic mass is 9.76. The van der Waals surface area contributed by atoms with Gasteiger partial charge in [-0.1, -0.05) is 102 Å². The Balaban J connectivity index is 1.53. The monoisotopic (exact) mass is 454 g/mol. The van der Waals surface area contributed by atoms with Crippen LogP contribution in [0.5, 0.6) is 0 Å². The first-order valence-corrected chi connectivity index (χ1v) is 11.4. The van der Waals surface area contributed by atoms with E-state index in [0.717, 1.165) is 39.3 Å². The Morgan fingerprint density at radius 1 is 0.486 bits per heavy atom. The first-order chi connectivity index (χ1) is 17.2. The summed E-state index contributed by atoms with van der Waals surface area (Å²) in [5.74, 6) is 0. The number of hydrogen-bond acceptors (Lipinski definition) is 4. The quantitative estimate of drug-likeness (QED) is 0.214. The van der Waals surface area contributed by atoms with Crippen LogP contribution in [0.3, 0.4) is 0 Å². The summed E-state index contributed by atoms with van der Waals surface area (Å²) in [5, 5.41) is 12.5. The summed E-state index contributed by atoms with van der Waals surface area (Å²) in [7, 11) is -1.37. The molecule has 0 saturated heterocycles. The van der Waals surface area contributed by atoms with Crippen molar-refractivity contribution in [3.63, 3.8) is 0 Å². The van der Waals surface area contributed by atoms with Gasteiger partial charge >= 0.3 is 7.05 Å². The van der Waals surface area contributed by atoms with Crippen LogP contribution in [-0.4, -0.2) is 12.1 Å². The predicted octanol–water partition coefficient (Wildman–Crippen LogP) is 6.94. The molecule has 0 bridgehead atoms. The Morgan fingerprint density at radius 2 is 0.829 bits per heavy atom. The minimum absolute atomic E-state index is 0.461. The van der Waals surface area contributed by atoms with Crippen molar-refractivity contribution in [2.24, 2.45) is 5.09 Å². The van der Waals surface area contributed by atoms with Crippen molar-refractivity contribution in [1.29, 1.82) is 0 Å². The average molecular weight is 454 g/mol. The van der Waals surface area contributed by atoms with Gasteiger partial charge in [-0.3, -0.25) is 0 Å². The van der Waals surface area contributed by atoms with Crippen LogP contribution in [0.2, 0.25) is 0 Å². The van der Waals surface area contributed by atoms with Crippen LogP contribution < -0.4 is 10.4 Å². The van der Waals surface area contributed by atoms with Crippen LogP contribution >= 0.6 is 0 Å². The van der Waals surface area contributed by atoms with Crippen LogP contribution in [0, 0.1) is 4.91 Å². The lowest BCUT2D eigenvalue weighted by Gasteiger charge is -2.26. The number of nitrogens with zero attached hydrogens (tertiary/aromatic N) is 2. The molecule has 5 rings (SSSR count). The molecule has 4 nitrogen and oxygen atoms in total. The predicted molar refractivity (Wildman–Crippen MR) is 145 cm³/mol. The molecular formula is C30H23BN2O2. The smallest absolute Gasteiger partial charge is 0.425 e. The lowest BCUT2D eigenvalue weighted by molar-refractivity contribution is 0.587. The van der Waals surface area contributed by atoms with E-state index in [1.807, 2.05) is 48.5 Å². The van der Waals surface area contributed by atoms with Crippen molar-refractivity contribution in [2.75, 3.05) is 4.90 Å². The van der Waals surface area contributed by atoms with Gasteiger partial charge in [0.2, 0.25) is 0 Å². The Kier molecular flexibility index (Phi) is 6.51. The number of nitroso groups, excluding NO2 is 1. The normalized spacial score (nSPS) is 10.5. The van der Waals surface area contributed by atoms with Gasteiger partial charge in [0.1, 0.15) is 0 Å². The van der Waals surface area contributed by atoms with E-state index in [1.54, 1.807) is 12.1 Å². The molecule has 168 valence electrons. The summed E-state index contributed by atoms with van der Waals surface area (Å²) >= 11 is 0. The standard InChI is InChI=1S/C30H23BN2O2/c34-31(32-35)27-15-21-30(22-16-27)33(28-17-11-25(12-18-28)23-7-3-1-4-8-23)29-19-13-26(14-20-29)24-9-5-2-6-10-24/h1-22,34H. The van der Waals surface area contributed by atoms with Gasteiger partial charge in [0.05, 0.1) is 0 Å². The second kappa shape index (κ2) is 10.2. The molecule has 0 aromatic heterocycles. The molecule has 0 heterocycles. The molecule has 0 fully saturated rings. The average Bonchev–Trinajstić information content (AvgIpc) is 2.95. The molecule has 0 unspecified atom stereocenters. The summed E-state index contributed by atoms with van der Waals surface area (Å²) < 4.78 is 0. The Hall–Kier alpha value is -4.48. The molecule has 0 amide bonds. The third kappa shape index (κ3) is 4.91. The molecule has 0 saturated carbocycles. The molecule has 5 aromatic carbocycles. The van der Waals surface area contributed by atoms with Gasteiger partial charge in [-0.05, 0) is 64.1 Å². The number of anilines is 3. The van der Waals surface area contributed by atoms with Crippen molar-refractivity contribution in [3.05, 3.63) is 138 Å². The van der Waals surface area contributed by atoms with Gasteiger partial charge in [-0.25, -0.2) is 0 Å². The SMILES string of the molecule is O=NB(O)c1ccc(N(c2ccc(-c3ccccc3)cc2)c2ccc(-c3ccccc3)cc2)cc1. The highest BCUT2D eigenvalue weighted by Gasteiger charge is 2.18. The molecule has 0 aliphatic rings. The van der Waals surface area contributed by atoms with Crippen molar-refractivity contribution in [3.8, 4) is 22.3 Å². The fourth-order valence-electron chi connectivity index (χ4n) is 4.17. The number of hydrogen-bond donors (Lipinski definition) is 1. The topological polar surface area (TPSA) is 52.9 Å². The Labute approximate surface area is 205 Å². The second-order valence-corrected chi connectivity index (χ2v) is 8.23. The minimum Gasteiger partial charge on any atom is -0.425 e. The van der Waals surface area contributed by atoms with Crippen molar-refractivity contribution >= 4 is 29.6 Å². The fraction of sp³-hybridized carbons (Fsp3) is 0. The van der Waals surface area contributed by atoms with Gasteiger partial charge in [-0.2, -0.15) is 4.91 Å². The van der Waals surface area contributed by atoms with Crippen LogP contribution in [0.25, 0.3) is 22.3 Å². The molecule has 35 heavy (non-hydrogen) atoms. The van der Waals surface area contributed by atoms with E-state index < -0.39 is 7.05 Å². The summed E-state index contributed by atoms with van der Waals surface area (Å²) in [4.78, 5) is 12.9. The highest BCUT2D eigenvalue weighted by atomic mass is 16.3. The summed E-state index contributed by atoms with van der Waals surface area (Å²) in [6.07, 6.45) is 0. The van der Waals surface area contributed by atoms with Crippen LogP contribution in [-0.2, 0) is 0 Å². The highest BCUT2D eigenvalue weighted by Crippen LogP contribution is 2.36. The zero-order chi connectivity index (χ0) is 24.0. The third-order valence-corrected chi connectivity index (χ3v) is 6.01. The summed E-state index contributed by atoms with van der Waals surface area (Å²) in [6, 6.07) is 44.7. The highest BCUT2D eigenvalue weighted by molar-refractivity contribution is 6.64. The molecule has 5 heteroatoms. The van der Waals surface area contributed by atoms with E-state index in [-0.39, 0.29) is 0 Å². The van der Waals surface area contributed by atoms with Crippen LogP contribution in [0.15, 0.2) is 139 Å². The molecule has 0 aliphatic carbocycles. The molecule has 1 N–H and O–H groups in total. The summed E-state index contributed by atoms with van der Waals surface area (Å²) in [5.41, 5.74) is 7.98. The molecule has 5 aromatic rings. The van der Waals surface area contributed by atoms with Gasteiger partial charge in [0.15, 0.2) is 0 Å². The molecule has 0 atom stereocenters. The molecular weight excluding hydrogens is 431 g/mol. The van der Waals surface area contributed by atoms with Crippen LogP contribution in [0.1, 0.15) is 0 Å². The van der Waals surface area contributed by atoms with E-state index >= 15 is 0 Å². The zero-order valence-electron chi connectivity index (χ0n) is 19.0. The number of rotatable bonds is 7. The maximum atomic E-state index is 10.8. The molecule has 0 radical (unpaired) electrons. The first kappa shape index (κ1) is 22.3. The Morgan fingerprint density at radius 3 is 1.20 bits per heavy atom. The maximum Gasteiger partial charge on any atom is 0.517 e. The van der Waals surface area contributed by atoms with Gasteiger partial charge < -0.3 is 9.92 Å². The van der Waals surface area contributed by atoms with E-state index in [0.29, 0.717) is 5.46 Å². The van der Waals surface area contributed by atoms with Crippen molar-refractivity contribution in [2.45, 2.75) is 0 Å². The Bertz CT molecular complexity index is 1310. The lowest BCUT2D eigenvalue weighted by Crippen LogP contribution is -2.27. The third-order valence-electron chi connectivity index (χ3n) is 6.01. The summed E-state index contributed by atoms with van der Waals surface area (Å²) in [6.45, 7) is 0. The number of benzene rings is 5. The van der Waals surface area contributed by atoms with E-state index in [2.05, 4.69) is 82.8 Å². The zero-order valence-corrected chi connectivity index (χ0v) is 19.0. The van der Waals surface area contributed by atoms with Gasteiger partial charge in [-0.15, -0.1) is 0 Å². The van der Waals surface area contributed by atoms with E-state index in [1.165, 1.54) is 0 Å². The van der Waals surface area contributed by atoms with Crippen LogP contribution in [0.4, 0.5) is 17.1 Å². The largest absolute Gasteiger partial charge is 0.517 e. The molecule has 0 spiro atoms. The minimum atomic E-state index is -1.37. The van der Waals surface area contributed by atoms with Crippen molar-refractivity contribution in [1.82, 2.24) is 0 Å². The van der Waals surface area contributed by atoms with Gasteiger partial charge in [0.25, 0.3) is 0 Å². The fourth-order valence-corrected chi connectivity index (χ4v) is 4.17. The maximum absolute atomic E-state index is 10.8. The van der Waals surface area contributed by atoms with E-state index in [4.69, 9.17) is 0 Å². The first-order valence-electron chi connectivity index (χ1n) is 11.4. The molecule has 0 aliphatic heterocycles. The second-order valence-electron chi connectivity index (χ2n) is 8.23. The van der Waals surface area contributed by atoms with Crippen molar-refractivity contribution < 1.29 is 5.02 Å². The van der Waals surface area contributed by atoms with E-state index in [9.17, 15) is 9.93 Å². The van der Waals surface area contributed by atoms with Gasteiger partial charge in [0, 0.05) is 17.1 Å².